The Hall–Kier alpha value is -3.47. The highest BCUT2D eigenvalue weighted by atomic mass is 16.3. The van der Waals surface area contributed by atoms with E-state index < -0.39 is 0 Å². The van der Waals surface area contributed by atoms with Gasteiger partial charge in [0.15, 0.2) is 0 Å². The Labute approximate surface area is 188 Å². The third-order valence-electron chi connectivity index (χ3n) is 6.39. The number of phenols is 2. The Morgan fingerprint density at radius 3 is 1.66 bits per heavy atom. The van der Waals surface area contributed by atoms with Crippen molar-refractivity contribution in [1.82, 2.24) is 4.98 Å². The number of benzene rings is 2. The van der Waals surface area contributed by atoms with Crippen molar-refractivity contribution in [1.29, 1.82) is 0 Å². The van der Waals surface area contributed by atoms with Gasteiger partial charge in [-0.15, -0.1) is 0 Å². The number of fused-ring (bicyclic) bond motifs is 2. The topological polar surface area (TPSA) is 78.1 Å². The van der Waals surface area contributed by atoms with Crippen molar-refractivity contribution in [2.45, 2.75) is 50.6 Å². The number of aryl methyl sites for hydroxylation is 2. The number of nitrogens with zero attached hydrogens (tertiary/aromatic N) is 3. The fourth-order valence-corrected chi connectivity index (χ4v) is 4.68. The van der Waals surface area contributed by atoms with E-state index >= 15 is 0 Å². The molecule has 0 radical (unpaired) electrons. The Balaban J connectivity index is 1.46. The molecule has 0 saturated carbocycles. The molecule has 3 aromatic rings. The van der Waals surface area contributed by atoms with E-state index in [-0.39, 0.29) is 23.6 Å². The van der Waals surface area contributed by atoms with Crippen LogP contribution in [0.2, 0.25) is 0 Å². The Bertz CT molecular complexity index is 1100. The zero-order chi connectivity index (χ0) is 21.9. The first-order valence-electron chi connectivity index (χ1n) is 11.3. The average molecular weight is 426 g/mol. The van der Waals surface area contributed by atoms with Crippen LogP contribution in [-0.4, -0.2) is 27.6 Å². The SMILES string of the molecule is Oc1ccccc1/C=N/[C@@H]1CCCc2cc3c(nc21)[C@H](/N=C/c1ccccc1O)CCC3. The number of rotatable bonds is 4. The monoisotopic (exact) mass is 425 g/mol. The maximum Gasteiger partial charge on any atom is 0.124 e. The molecule has 0 unspecified atom stereocenters. The van der Waals surface area contributed by atoms with Gasteiger partial charge in [0.25, 0.3) is 0 Å². The lowest BCUT2D eigenvalue weighted by molar-refractivity contribution is 0.474. The van der Waals surface area contributed by atoms with Crippen LogP contribution in [0.1, 0.15) is 71.4 Å². The summed E-state index contributed by atoms with van der Waals surface area (Å²) in [5.41, 5.74) is 6.13. The van der Waals surface area contributed by atoms with E-state index in [1.807, 2.05) is 36.4 Å². The van der Waals surface area contributed by atoms with Crippen molar-refractivity contribution >= 4 is 12.4 Å². The van der Waals surface area contributed by atoms with Gasteiger partial charge in [0.1, 0.15) is 11.5 Å². The summed E-state index contributed by atoms with van der Waals surface area (Å²) in [7, 11) is 0. The molecule has 0 bridgehead atoms. The molecule has 2 atom stereocenters. The quantitative estimate of drug-likeness (QED) is 0.543. The van der Waals surface area contributed by atoms with Gasteiger partial charge in [0.2, 0.25) is 0 Å². The van der Waals surface area contributed by atoms with Crippen molar-refractivity contribution < 1.29 is 10.2 Å². The van der Waals surface area contributed by atoms with E-state index in [4.69, 9.17) is 15.0 Å². The van der Waals surface area contributed by atoms with E-state index in [0.29, 0.717) is 0 Å². The summed E-state index contributed by atoms with van der Waals surface area (Å²) in [6.07, 6.45) is 9.68. The summed E-state index contributed by atoms with van der Waals surface area (Å²) >= 11 is 0. The van der Waals surface area contributed by atoms with Crippen LogP contribution < -0.4 is 0 Å². The van der Waals surface area contributed by atoms with E-state index in [2.05, 4.69) is 6.07 Å². The molecule has 2 aliphatic rings. The molecule has 2 aliphatic carbocycles. The average Bonchev–Trinajstić information content (AvgIpc) is 2.82. The number of hydrogen-bond donors (Lipinski definition) is 2. The van der Waals surface area contributed by atoms with E-state index in [9.17, 15) is 10.2 Å². The second-order valence-electron chi connectivity index (χ2n) is 8.57. The van der Waals surface area contributed by atoms with Crippen LogP contribution in [0.15, 0.2) is 64.6 Å². The maximum atomic E-state index is 10.1. The minimum absolute atomic E-state index is 0.00613. The zero-order valence-corrected chi connectivity index (χ0v) is 18.0. The summed E-state index contributed by atoms with van der Waals surface area (Å²) in [6.45, 7) is 0. The van der Waals surface area contributed by atoms with Gasteiger partial charge in [-0.1, -0.05) is 30.3 Å². The van der Waals surface area contributed by atoms with Crippen LogP contribution >= 0.6 is 0 Å². The largest absolute Gasteiger partial charge is 0.507 e. The van der Waals surface area contributed by atoms with Crippen LogP contribution in [0.25, 0.3) is 0 Å². The van der Waals surface area contributed by atoms with Gasteiger partial charge in [-0.05, 0) is 73.9 Å². The van der Waals surface area contributed by atoms with Crippen molar-refractivity contribution in [3.05, 3.63) is 88.2 Å². The highest BCUT2D eigenvalue weighted by Crippen LogP contribution is 2.38. The molecule has 0 aliphatic heterocycles. The molecular weight excluding hydrogens is 398 g/mol. The predicted octanol–water partition coefficient (Wildman–Crippen LogP) is 5.49. The lowest BCUT2D eigenvalue weighted by atomic mass is 9.85. The lowest BCUT2D eigenvalue weighted by Gasteiger charge is -2.28. The minimum atomic E-state index is -0.00613. The van der Waals surface area contributed by atoms with E-state index in [1.165, 1.54) is 11.1 Å². The first-order chi connectivity index (χ1) is 15.7. The molecule has 0 fully saturated rings. The molecule has 1 heterocycles. The summed E-state index contributed by atoms with van der Waals surface area (Å²) in [4.78, 5) is 14.8. The number of hydrogen-bond acceptors (Lipinski definition) is 5. The van der Waals surface area contributed by atoms with Gasteiger partial charge in [0.05, 0.1) is 23.5 Å². The molecule has 0 saturated heterocycles. The number of phenolic OH excluding ortho intramolecular Hbond substituents is 2. The first-order valence-corrected chi connectivity index (χ1v) is 11.3. The highest BCUT2D eigenvalue weighted by Gasteiger charge is 2.27. The van der Waals surface area contributed by atoms with Crippen LogP contribution in [0, 0.1) is 0 Å². The number of aliphatic imine (C=N–C) groups is 2. The molecule has 5 nitrogen and oxygen atoms in total. The van der Waals surface area contributed by atoms with E-state index in [1.54, 1.807) is 24.6 Å². The summed E-state index contributed by atoms with van der Waals surface area (Å²) in [5.74, 6) is 0.480. The highest BCUT2D eigenvalue weighted by molar-refractivity contribution is 5.84. The van der Waals surface area contributed by atoms with Crippen molar-refractivity contribution in [3.8, 4) is 11.5 Å². The van der Waals surface area contributed by atoms with Crippen LogP contribution in [0.5, 0.6) is 11.5 Å². The van der Waals surface area contributed by atoms with Crippen molar-refractivity contribution in [2.24, 2.45) is 9.98 Å². The van der Waals surface area contributed by atoms with Gasteiger partial charge in [0, 0.05) is 23.6 Å². The minimum Gasteiger partial charge on any atom is -0.507 e. The summed E-state index contributed by atoms with van der Waals surface area (Å²) < 4.78 is 0. The second kappa shape index (κ2) is 8.95. The molecule has 0 spiro atoms. The molecule has 0 amide bonds. The number of para-hydroxylation sites is 2. The van der Waals surface area contributed by atoms with Crippen LogP contribution in [0.4, 0.5) is 0 Å². The summed E-state index contributed by atoms with van der Waals surface area (Å²) in [6, 6.07) is 16.8. The molecule has 2 aromatic carbocycles. The van der Waals surface area contributed by atoms with Gasteiger partial charge in [-0.3, -0.25) is 15.0 Å². The third-order valence-corrected chi connectivity index (χ3v) is 6.39. The van der Waals surface area contributed by atoms with Gasteiger partial charge in [-0.2, -0.15) is 0 Å². The van der Waals surface area contributed by atoms with E-state index in [0.717, 1.165) is 61.0 Å². The Kier molecular flexibility index (Phi) is 5.71. The molecule has 32 heavy (non-hydrogen) atoms. The standard InChI is InChI=1S/C27H27N3O2/c31-24-13-3-1-7-20(24)16-28-22-11-5-9-18-15-19-10-6-12-23(27(19)30-26(18)22)29-17-21-8-2-4-14-25(21)32/h1-4,7-8,13-17,22-23,31-32H,5-6,9-12H2/b28-16+,29-17+/t22-,23-/m1/s1. The molecule has 5 heteroatoms. The zero-order valence-electron chi connectivity index (χ0n) is 18.0. The first kappa shape index (κ1) is 20.4. The molecule has 2 N–H and O–H groups in total. The smallest absolute Gasteiger partial charge is 0.124 e. The third kappa shape index (κ3) is 4.15. The molecule has 5 rings (SSSR count). The second-order valence-corrected chi connectivity index (χ2v) is 8.57. The fourth-order valence-electron chi connectivity index (χ4n) is 4.68. The Morgan fingerprint density at radius 2 is 1.19 bits per heavy atom. The number of aromatic nitrogens is 1. The van der Waals surface area contributed by atoms with Gasteiger partial charge < -0.3 is 10.2 Å². The van der Waals surface area contributed by atoms with Crippen LogP contribution in [0.3, 0.4) is 0 Å². The maximum absolute atomic E-state index is 10.1. The number of pyridine rings is 1. The molecular formula is C27H27N3O2. The molecule has 162 valence electrons. The fraction of sp³-hybridized carbons (Fsp3) is 0.296. The normalized spacial score (nSPS) is 20.4. The van der Waals surface area contributed by atoms with Gasteiger partial charge >= 0.3 is 0 Å². The Morgan fingerprint density at radius 1 is 0.719 bits per heavy atom. The van der Waals surface area contributed by atoms with Crippen molar-refractivity contribution in [2.75, 3.05) is 0 Å². The lowest BCUT2D eigenvalue weighted by Crippen LogP contribution is -2.18. The summed E-state index contributed by atoms with van der Waals surface area (Å²) in [5, 5.41) is 20.1. The number of aromatic hydroxyl groups is 2. The van der Waals surface area contributed by atoms with Crippen LogP contribution in [-0.2, 0) is 12.8 Å². The van der Waals surface area contributed by atoms with Crippen molar-refractivity contribution in [3.63, 3.8) is 0 Å². The molecule has 1 aromatic heterocycles. The van der Waals surface area contributed by atoms with Gasteiger partial charge in [-0.25, -0.2) is 0 Å². The predicted molar refractivity (Wildman–Crippen MR) is 127 cm³/mol.